The molecule has 2 unspecified atom stereocenters. The lowest BCUT2D eigenvalue weighted by atomic mass is 10.1. The van der Waals surface area contributed by atoms with Gasteiger partial charge in [0.1, 0.15) is 5.82 Å². The Bertz CT molecular complexity index is 1240. The normalized spacial score (nSPS) is 20.7. The van der Waals surface area contributed by atoms with Gasteiger partial charge in [0.25, 0.3) is 5.91 Å². The van der Waals surface area contributed by atoms with Gasteiger partial charge in [-0.1, -0.05) is 34.8 Å². The first kappa shape index (κ1) is 25.5. The van der Waals surface area contributed by atoms with Gasteiger partial charge in [0.05, 0.1) is 31.2 Å². The van der Waals surface area contributed by atoms with E-state index in [0.717, 1.165) is 18.9 Å². The zero-order valence-electron chi connectivity index (χ0n) is 18.9. The maximum Gasteiger partial charge on any atom is 0.255 e. The highest BCUT2D eigenvalue weighted by atomic mass is 35.5. The van der Waals surface area contributed by atoms with Crippen molar-refractivity contribution in [3.8, 4) is 0 Å². The average molecular weight is 549 g/mol. The van der Waals surface area contributed by atoms with E-state index >= 15 is 0 Å². The lowest BCUT2D eigenvalue weighted by Gasteiger charge is -2.43. The van der Waals surface area contributed by atoms with Gasteiger partial charge in [-0.25, -0.2) is 17.5 Å². The molecule has 6 nitrogen and oxygen atoms in total. The van der Waals surface area contributed by atoms with Crippen LogP contribution in [0.5, 0.6) is 0 Å². The Kier molecular flexibility index (Phi) is 6.85. The zero-order chi connectivity index (χ0) is 25.0. The lowest BCUT2D eigenvalue weighted by Crippen LogP contribution is -2.55. The van der Waals surface area contributed by atoms with Crippen LogP contribution in [-0.4, -0.2) is 49.9 Å². The number of fused-ring (bicyclic) bond motifs is 2. The highest BCUT2D eigenvalue weighted by Gasteiger charge is 2.43. The average Bonchev–Trinajstić information content (AvgIpc) is 2.96. The maximum atomic E-state index is 13.4. The third-order valence-corrected chi connectivity index (χ3v) is 8.78. The molecule has 1 amide bonds. The summed E-state index contributed by atoms with van der Waals surface area (Å²) in [5.41, 5.74) is 0.110. The number of halogens is 4. The van der Waals surface area contributed by atoms with Gasteiger partial charge in [0, 0.05) is 30.7 Å². The highest BCUT2D eigenvalue weighted by molar-refractivity contribution is 7.89. The summed E-state index contributed by atoms with van der Waals surface area (Å²) in [6.45, 7) is 6.06. The van der Waals surface area contributed by atoms with E-state index < -0.39 is 21.4 Å². The van der Waals surface area contributed by atoms with E-state index in [9.17, 15) is 17.6 Å². The van der Waals surface area contributed by atoms with E-state index in [-0.39, 0.29) is 43.5 Å². The molecule has 0 aliphatic carbocycles. The SMILES string of the molecule is CC(C)(C)NS(=O)(=O)c1cc(Cl)c(Cl)c(N2C3CCC2CN(C(=O)c2ccc(F)cc2Cl)C3)c1. The van der Waals surface area contributed by atoms with E-state index in [2.05, 4.69) is 9.62 Å². The van der Waals surface area contributed by atoms with Gasteiger partial charge < -0.3 is 9.80 Å². The van der Waals surface area contributed by atoms with E-state index in [1.54, 1.807) is 31.7 Å². The number of piperazine rings is 1. The molecule has 2 fully saturated rings. The van der Waals surface area contributed by atoms with Crippen molar-refractivity contribution in [3.05, 3.63) is 56.8 Å². The molecule has 4 rings (SSSR count). The number of anilines is 1. The van der Waals surface area contributed by atoms with Crippen LogP contribution in [0.3, 0.4) is 0 Å². The first-order valence-electron chi connectivity index (χ1n) is 10.8. The first-order chi connectivity index (χ1) is 15.8. The van der Waals surface area contributed by atoms with Gasteiger partial charge in [-0.2, -0.15) is 0 Å². The van der Waals surface area contributed by atoms with E-state index in [1.165, 1.54) is 18.2 Å². The fraction of sp³-hybridized carbons (Fsp3) is 0.435. The molecular formula is C23H25Cl3FN3O3S. The van der Waals surface area contributed by atoms with Crippen LogP contribution < -0.4 is 9.62 Å². The number of hydrogen-bond acceptors (Lipinski definition) is 4. The molecular weight excluding hydrogens is 524 g/mol. The summed E-state index contributed by atoms with van der Waals surface area (Å²) in [5.74, 6) is -0.773. The van der Waals surface area contributed by atoms with Gasteiger partial charge in [-0.05, 0) is 63.9 Å². The minimum absolute atomic E-state index is 0.0304. The van der Waals surface area contributed by atoms with Crippen LogP contribution >= 0.6 is 34.8 Å². The molecule has 0 radical (unpaired) electrons. The quantitative estimate of drug-likeness (QED) is 0.559. The molecule has 2 heterocycles. The fourth-order valence-electron chi connectivity index (χ4n) is 4.65. The number of sulfonamides is 1. The Morgan fingerprint density at radius 2 is 1.65 bits per heavy atom. The van der Waals surface area contributed by atoms with Gasteiger partial charge in [-0.3, -0.25) is 4.79 Å². The summed E-state index contributed by atoms with van der Waals surface area (Å²) in [6.07, 6.45) is 1.60. The highest BCUT2D eigenvalue weighted by Crippen LogP contribution is 2.43. The predicted molar refractivity (Wildman–Crippen MR) is 133 cm³/mol. The largest absolute Gasteiger partial charge is 0.361 e. The van der Waals surface area contributed by atoms with Crippen molar-refractivity contribution in [2.45, 2.75) is 56.1 Å². The van der Waals surface area contributed by atoms with Crippen LogP contribution in [0.2, 0.25) is 15.1 Å². The van der Waals surface area contributed by atoms with E-state index in [1.807, 2.05) is 0 Å². The third-order valence-electron chi connectivity index (χ3n) is 5.94. The monoisotopic (exact) mass is 547 g/mol. The number of nitrogens with one attached hydrogen (secondary N) is 1. The van der Waals surface area contributed by atoms with Crippen LogP contribution in [-0.2, 0) is 10.0 Å². The number of likely N-dealkylation sites (tertiary alicyclic amines) is 1. The van der Waals surface area contributed by atoms with Crippen LogP contribution in [0.1, 0.15) is 44.0 Å². The number of rotatable bonds is 4. The molecule has 1 N–H and O–H groups in total. The Morgan fingerprint density at radius 1 is 1.03 bits per heavy atom. The molecule has 34 heavy (non-hydrogen) atoms. The maximum absolute atomic E-state index is 13.4. The number of carbonyl (C=O) groups is 1. The number of carbonyl (C=O) groups excluding carboxylic acids is 1. The van der Waals surface area contributed by atoms with Crippen molar-refractivity contribution in [1.82, 2.24) is 9.62 Å². The summed E-state index contributed by atoms with van der Waals surface area (Å²) < 4.78 is 42.0. The molecule has 184 valence electrons. The molecule has 2 atom stereocenters. The summed E-state index contributed by atoms with van der Waals surface area (Å²) in [5, 5.41) is 0.484. The number of nitrogens with zero attached hydrogens (tertiary/aromatic N) is 2. The number of amides is 1. The van der Waals surface area contributed by atoms with Gasteiger partial charge >= 0.3 is 0 Å². The molecule has 2 aromatic carbocycles. The van der Waals surface area contributed by atoms with Gasteiger partial charge in [-0.15, -0.1) is 0 Å². The van der Waals surface area contributed by atoms with Crippen molar-refractivity contribution in [3.63, 3.8) is 0 Å². The minimum Gasteiger partial charge on any atom is -0.361 e. The molecule has 0 saturated carbocycles. The zero-order valence-corrected chi connectivity index (χ0v) is 22.0. The van der Waals surface area contributed by atoms with Gasteiger partial charge in [0.2, 0.25) is 10.0 Å². The first-order valence-corrected chi connectivity index (χ1v) is 13.4. The fourth-order valence-corrected chi connectivity index (χ4v) is 6.85. The standard InChI is InChI=1S/C23H25Cl3FN3O3S/c1-23(2,3)28-34(32,33)16-9-19(25)21(26)20(10-16)30-14-5-6-15(30)12-29(11-14)22(31)17-7-4-13(27)8-18(17)24/h4,7-10,14-15,28H,5-6,11-12H2,1-3H3. The second-order valence-electron chi connectivity index (χ2n) is 9.72. The number of hydrogen-bond donors (Lipinski definition) is 1. The Hall–Kier alpha value is -1.58. The van der Waals surface area contributed by atoms with Crippen LogP contribution in [0.15, 0.2) is 35.2 Å². The summed E-state index contributed by atoms with van der Waals surface area (Å²) in [6, 6.07) is 6.46. The molecule has 2 saturated heterocycles. The summed E-state index contributed by atoms with van der Waals surface area (Å²) >= 11 is 19.0. The third kappa shape index (κ3) is 5.02. The molecule has 2 aliphatic heterocycles. The molecule has 2 aromatic rings. The van der Waals surface area contributed by atoms with Crippen LogP contribution in [0.25, 0.3) is 0 Å². The summed E-state index contributed by atoms with van der Waals surface area (Å²) in [4.78, 5) is 16.9. The van der Waals surface area contributed by atoms with Crippen molar-refractivity contribution < 1.29 is 17.6 Å². The van der Waals surface area contributed by atoms with E-state index in [0.29, 0.717) is 18.8 Å². The van der Waals surface area contributed by atoms with Crippen molar-refractivity contribution in [1.29, 1.82) is 0 Å². The molecule has 2 aliphatic rings. The minimum atomic E-state index is -3.83. The smallest absolute Gasteiger partial charge is 0.255 e. The molecule has 11 heteroatoms. The van der Waals surface area contributed by atoms with Crippen molar-refractivity contribution >= 4 is 56.4 Å². The van der Waals surface area contributed by atoms with Crippen molar-refractivity contribution in [2.24, 2.45) is 0 Å². The van der Waals surface area contributed by atoms with E-state index in [4.69, 9.17) is 34.8 Å². The second kappa shape index (κ2) is 9.13. The molecule has 0 aromatic heterocycles. The molecule has 0 spiro atoms. The lowest BCUT2D eigenvalue weighted by molar-refractivity contribution is 0.0718. The van der Waals surface area contributed by atoms with Crippen LogP contribution in [0.4, 0.5) is 10.1 Å². The topological polar surface area (TPSA) is 69.7 Å². The predicted octanol–water partition coefficient (Wildman–Crippen LogP) is 5.36. The second-order valence-corrected chi connectivity index (χ2v) is 12.6. The molecule has 2 bridgehead atoms. The number of benzene rings is 2. The van der Waals surface area contributed by atoms with Gasteiger partial charge in [0.15, 0.2) is 0 Å². The Labute approximate surface area is 214 Å². The Balaban J connectivity index is 1.64. The van der Waals surface area contributed by atoms with Crippen molar-refractivity contribution in [2.75, 3.05) is 18.0 Å². The summed E-state index contributed by atoms with van der Waals surface area (Å²) in [7, 11) is -3.83. The Morgan fingerprint density at radius 3 is 2.21 bits per heavy atom. The van der Waals surface area contributed by atoms with Crippen LogP contribution in [0, 0.1) is 5.82 Å².